The van der Waals surface area contributed by atoms with Crippen molar-refractivity contribution in [2.75, 3.05) is 11.9 Å². The summed E-state index contributed by atoms with van der Waals surface area (Å²) < 4.78 is 5.50. The van der Waals surface area contributed by atoms with E-state index in [4.69, 9.17) is 4.74 Å². The first-order valence-corrected chi connectivity index (χ1v) is 10.2. The van der Waals surface area contributed by atoms with E-state index in [2.05, 4.69) is 28.4 Å². The molecule has 0 fully saturated rings. The van der Waals surface area contributed by atoms with Gasteiger partial charge in [-0.1, -0.05) is 36.4 Å². The second-order valence-electron chi connectivity index (χ2n) is 7.14. The van der Waals surface area contributed by atoms with Gasteiger partial charge in [0.25, 0.3) is 0 Å². The van der Waals surface area contributed by atoms with Crippen LogP contribution in [0.2, 0.25) is 0 Å². The topological polar surface area (TPSA) is 58.2 Å². The minimum atomic E-state index is -0.413. The van der Waals surface area contributed by atoms with E-state index < -0.39 is 6.09 Å². The third kappa shape index (κ3) is 3.11. The average molecular weight is 401 g/mol. The summed E-state index contributed by atoms with van der Waals surface area (Å²) in [6.07, 6.45) is 0.458. The van der Waals surface area contributed by atoms with Crippen molar-refractivity contribution >= 4 is 22.4 Å². The molecule has 6 heteroatoms. The lowest BCUT2D eigenvalue weighted by molar-refractivity contribution is 0.209. The number of H-pyrrole nitrogens is 1. The van der Waals surface area contributed by atoms with E-state index >= 15 is 0 Å². The van der Waals surface area contributed by atoms with Crippen LogP contribution in [0.15, 0.2) is 60.7 Å². The van der Waals surface area contributed by atoms with Crippen LogP contribution in [-0.4, -0.2) is 23.3 Å². The lowest BCUT2D eigenvalue weighted by atomic mass is 10.1. The van der Waals surface area contributed by atoms with Gasteiger partial charge in [0, 0.05) is 24.6 Å². The molecule has 144 valence electrons. The summed E-state index contributed by atoms with van der Waals surface area (Å²) in [6.45, 7) is 1.97. The second-order valence-corrected chi connectivity index (χ2v) is 8.20. The minimum absolute atomic E-state index is 0.413. The zero-order valence-electron chi connectivity index (χ0n) is 16.1. The first-order chi connectivity index (χ1) is 14.1. The third-order valence-electron chi connectivity index (χ3n) is 5.15. The van der Waals surface area contributed by atoms with Crippen LogP contribution in [0, 0.1) is 6.92 Å². The third-order valence-corrected chi connectivity index (χ3v) is 6.31. The molecule has 2 heterocycles. The maximum absolute atomic E-state index is 12.5. The van der Waals surface area contributed by atoms with Crippen LogP contribution < -0.4 is 9.64 Å². The lowest BCUT2D eigenvalue weighted by Gasteiger charge is -2.14. The van der Waals surface area contributed by atoms with Gasteiger partial charge in [-0.05, 0) is 42.3 Å². The molecule has 29 heavy (non-hydrogen) atoms. The zero-order chi connectivity index (χ0) is 20.0. The highest BCUT2D eigenvalue weighted by Gasteiger charge is 2.26. The first-order valence-electron chi connectivity index (χ1n) is 9.38. The van der Waals surface area contributed by atoms with E-state index in [1.165, 1.54) is 32.9 Å². The normalized spacial score (nSPS) is 11.8. The number of anilines is 1. The molecule has 0 aliphatic heterocycles. The molecular weight excluding hydrogens is 382 g/mol. The van der Waals surface area contributed by atoms with Gasteiger partial charge in [-0.3, -0.25) is 10.00 Å². The van der Waals surface area contributed by atoms with Gasteiger partial charge >= 0.3 is 6.09 Å². The Kier molecular flexibility index (Phi) is 4.21. The Bertz CT molecular complexity index is 1220. The number of carbonyl (C=O) groups excluding carboxylic acids is 1. The monoisotopic (exact) mass is 401 g/mol. The van der Waals surface area contributed by atoms with E-state index in [0.29, 0.717) is 5.75 Å². The largest absolute Gasteiger partial charge is 0.420 e. The van der Waals surface area contributed by atoms with Crippen LogP contribution in [0.25, 0.3) is 21.8 Å². The van der Waals surface area contributed by atoms with Crippen molar-refractivity contribution in [3.05, 3.63) is 77.4 Å². The second kappa shape index (κ2) is 6.90. The molecule has 0 saturated carbocycles. The molecule has 1 amide bonds. The van der Waals surface area contributed by atoms with Crippen LogP contribution in [-0.2, 0) is 6.42 Å². The fourth-order valence-corrected chi connectivity index (χ4v) is 4.62. The summed E-state index contributed by atoms with van der Waals surface area (Å²) in [4.78, 5) is 15.1. The molecular formula is C23H19N3O2S. The predicted molar refractivity (Wildman–Crippen MR) is 116 cm³/mol. The maximum atomic E-state index is 12.5. The highest BCUT2D eigenvalue weighted by Crippen LogP contribution is 2.42. The number of aromatic nitrogens is 2. The fraction of sp³-hybridized carbons (Fsp3) is 0.130. The molecule has 0 atom stereocenters. The number of carbonyl (C=O) groups is 1. The predicted octanol–water partition coefficient (Wildman–Crippen LogP) is 5.65. The summed E-state index contributed by atoms with van der Waals surface area (Å²) >= 11 is 1.53. The molecule has 1 aliphatic carbocycles. The van der Waals surface area contributed by atoms with Crippen molar-refractivity contribution in [2.24, 2.45) is 0 Å². The Balaban J connectivity index is 1.38. The van der Waals surface area contributed by atoms with Crippen LogP contribution in [0.5, 0.6) is 5.75 Å². The molecule has 1 N–H and O–H groups in total. The van der Waals surface area contributed by atoms with Gasteiger partial charge in [0.05, 0.1) is 10.6 Å². The van der Waals surface area contributed by atoms with Crippen molar-refractivity contribution < 1.29 is 9.53 Å². The molecule has 5 rings (SSSR count). The number of hydrogen-bond acceptors (Lipinski definition) is 4. The van der Waals surface area contributed by atoms with Crippen LogP contribution >= 0.6 is 11.3 Å². The van der Waals surface area contributed by atoms with Gasteiger partial charge in [0.1, 0.15) is 16.4 Å². The van der Waals surface area contributed by atoms with Gasteiger partial charge < -0.3 is 4.74 Å². The number of aromatic amines is 1. The quantitative estimate of drug-likeness (QED) is 0.425. The number of thiophene rings is 1. The number of hydrogen-bond donors (Lipinski definition) is 1. The highest BCUT2D eigenvalue weighted by atomic mass is 32.1. The van der Waals surface area contributed by atoms with E-state index in [9.17, 15) is 4.79 Å². The van der Waals surface area contributed by atoms with Crippen LogP contribution in [0.1, 0.15) is 16.7 Å². The number of nitrogens with zero attached hydrogens (tertiary/aromatic N) is 2. The molecule has 5 nitrogen and oxygen atoms in total. The van der Waals surface area contributed by atoms with Crippen molar-refractivity contribution in [3.8, 4) is 27.6 Å². The zero-order valence-corrected chi connectivity index (χ0v) is 16.9. The molecule has 0 radical (unpaired) electrons. The van der Waals surface area contributed by atoms with Crippen LogP contribution in [0.3, 0.4) is 0 Å². The average Bonchev–Trinajstić information content (AvgIpc) is 3.42. The smallest absolute Gasteiger partial charge is 0.410 e. The molecule has 0 spiro atoms. The highest BCUT2D eigenvalue weighted by molar-refractivity contribution is 7.19. The maximum Gasteiger partial charge on any atom is 0.420 e. The Hall–Kier alpha value is -3.38. The van der Waals surface area contributed by atoms with Crippen LogP contribution in [0.4, 0.5) is 9.80 Å². The van der Waals surface area contributed by atoms with E-state index in [1.54, 1.807) is 13.1 Å². The van der Waals surface area contributed by atoms with Gasteiger partial charge in [-0.15, -0.1) is 11.3 Å². The molecule has 0 unspecified atom stereocenters. The van der Waals surface area contributed by atoms with Gasteiger partial charge in [0.2, 0.25) is 0 Å². The summed E-state index contributed by atoms with van der Waals surface area (Å²) in [5.41, 5.74) is 6.84. The molecule has 2 aromatic heterocycles. The van der Waals surface area contributed by atoms with E-state index in [0.717, 1.165) is 33.3 Å². The van der Waals surface area contributed by atoms with Gasteiger partial charge in [-0.25, -0.2) is 4.79 Å². The number of nitrogens with one attached hydrogen (secondary N) is 1. The van der Waals surface area contributed by atoms with E-state index in [-0.39, 0.29) is 0 Å². The Morgan fingerprint density at radius 3 is 2.86 bits per heavy atom. The molecule has 0 bridgehead atoms. The number of aryl methyl sites for hydroxylation is 1. The number of amides is 1. The number of benzene rings is 2. The van der Waals surface area contributed by atoms with Gasteiger partial charge in [0.15, 0.2) is 0 Å². The molecule has 4 aromatic rings. The molecule has 2 aromatic carbocycles. The number of fused-ring (bicyclic) bond motifs is 3. The van der Waals surface area contributed by atoms with Crippen molar-refractivity contribution in [1.29, 1.82) is 0 Å². The summed E-state index contributed by atoms with van der Waals surface area (Å²) in [7, 11) is 1.72. The fourth-order valence-electron chi connectivity index (χ4n) is 3.65. The summed E-state index contributed by atoms with van der Waals surface area (Å²) in [6, 6.07) is 19.8. The Morgan fingerprint density at radius 1 is 1.14 bits per heavy atom. The van der Waals surface area contributed by atoms with Crippen molar-refractivity contribution in [3.63, 3.8) is 0 Å². The van der Waals surface area contributed by atoms with Crippen molar-refractivity contribution in [1.82, 2.24) is 10.2 Å². The van der Waals surface area contributed by atoms with Crippen molar-refractivity contribution in [2.45, 2.75) is 13.3 Å². The number of ether oxygens (including phenoxy) is 1. The number of rotatable bonds is 3. The standard InChI is InChI=1S/C23H19N3O2S/c1-14-6-5-8-16(12-14)28-23(27)26(2)20-11-10-19(29-20)22-18-13-15-7-3-4-9-17(15)21(18)24-25-22/h3-12H,13H2,1-2H3,(H,24,25). The minimum Gasteiger partial charge on any atom is -0.410 e. The summed E-state index contributed by atoms with van der Waals surface area (Å²) in [5.74, 6) is 0.543. The Labute approximate surface area is 172 Å². The lowest BCUT2D eigenvalue weighted by Crippen LogP contribution is -2.28. The Morgan fingerprint density at radius 2 is 2.00 bits per heavy atom. The molecule has 1 aliphatic rings. The SMILES string of the molecule is Cc1cccc(OC(=O)N(C)c2ccc(-c3n[nH]c4c3Cc3ccccc3-4)s2)c1. The van der Waals surface area contributed by atoms with Gasteiger partial charge in [-0.2, -0.15) is 5.10 Å². The first kappa shape index (κ1) is 17.7. The molecule has 0 saturated heterocycles. The van der Waals surface area contributed by atoms with E-state index in [1.807, 2.05) is 43.3 Å². The summed E-state index contributed by atoms with van der Waals surface area (Å²) in [5, 5.41) is 8.55.